The molecule has 0 aliphatic carbocycles. The van der Waals surface area contributed by atoms with Crippen LogP contribution < -0.4 is 14.8 Å². The maximum atomic E-state index is 12.1. The van der Waals surface area contributed by atoms with Crippen LogP contribution in [-0.4, -0.2) is 24.1 Å². The maximum Gasteiger partial charge on any atom is 0.266 e. The predicted molar refractivity (Wildman–Crippen MR) is 85.7 cm³/mol. The van der Waals surface area contributed by atoms with Crippen LogP contribution in [0.2, 0.25) is 5.02 Å². The first-order valence-electron chi connectivity index (χ1n) is 6.70. The third-order valence-electron chi connectivity index (χ3n) is 2.94. The lowest BCUT2D eigenvalue weighted by atomic mass is 10.2. The van der Waals surface area contributed by atoms with Crippen LogP contribution >= 0.6 is 11.6 Å². The Morgan fingerprint density at radius 1 is 1.35 bits per heavy atom. The number of nitrogens with zero attached hydrogens (tertiary/aromatic N) is 2. The van der Waals surface area contributed by atoms with Crippen molar-refractivity contribution in [1.82, 2.24) is 4.98 Å². The summed E-state index contributed by atoms with van der Waals surface area (Å²) in [6.45, 7) is 1.60. The molecule has 23 heavy (non-hydrogen) atoms. The van der Waals surface area contributed by atoms with Crippen molar-refractivity contribution < 1.29 is 14.3 Å². The molecule has 1 heterocycles. The van der Waals surface area contributed by atoms with Crippen LogP contribution in [0.15, 0.2) is 36.5 Å². The Balaban J connectivity index is 2.06. The monoisotopic (exact) mass is 331 g/mol. The number of nitriles is 1. The molecule has 1 amide bonds. The predicted octanol–water partition coefficient (Wildman–Crippen LogP) is 3.02. The molecule has 0 aliphatic rings. The SMILES string of the molecule is COc1cc(C#N)ccc1O[C@@H](C)C(=O)Nc1ccc(Cl)cn1. The average molecular weight is 332 g/mol. The summed E-state index contributed by atoms with van der Waals surface area (Å²) in [6.07, 6.45) is 0.654. The molecule has 7 heteroatoms. The summed E-state index contributed by atoms with van der Waals surface area (Å²) < 4.78 is 10.8. The van der Waals surface area contributed by atoms with Crippen molar-refractivity contribution in [1.29, 1.82) is 5.26 Å². The lowest BCUT2D eigenvalue weighted by Gasteiger charge is -2.16. The molecule has 6 nitrogen and oxygen atoms in total. The molecular weight excluding hydrogens is 318 g/mol. The van der Waals surface area contributed by atoms with E-state index in [4.69, 9.17) is 26.3 Å². The van der Waals surface area contributed by atoms with E-state index in [-0.39, 0.29) is 5.91 Å². The van der Waals surface area contributed by atoms with Crippen molar-refractivity contribution in [3.8, 4) is 17.6 Å². The number of pyridine rings is 1. The van der Waals surface area contributed by atoms with Crippen LogP contribution in [0.25, 0.3) is 0 Å². The zero-order valence-electron chi connectivity index (χ0n) is 12.5. The molecule has 0 aliphatic heterocycles. The number of halogens is 1. The average Bonchev–Trinajstić information content (AvgIpc) is 2.57. The molecule has 0 bridgehead atoms. The third-order valence-corrected chi connectivity index (χ3v) is 3.17. The fourth-order valence-electron chi connectivity index (χ4n) is 1.76. The minimum absolute atomic E-state index is 0.369. The molecule has 0 spiro atoms. The largest absolute Gasteiger partial charge is 0.493 e. The van der Waals surface area contributed by atoms with Gasteiger partial charge in [0.1, 0.15) is 5.82 Å². The van der Waals surface area contributed by atoms with Crippen LogP contribution in [-0.2, 0) is 4.79 Å². The first-order chi connectivity index (χ1) is 11.0. The second-order valence-corrected chi connectivity index (χ2v) is 5.02. The molecule has 1 N–H and O–H groups in total. The summed E-state index contributed by atoms with van der Waals surface area (Å²) in [5.41, 5.74) is 0.441. The van der Waals surface area contributed by atoms with Gasteiger partial charge in [-0.3, -0.25) is 4.79 Å². The number of hydrogen-bond donors (Lipinski definition) is 1. The van der Waals surface area contributed by atoms with Gasteiger partial charge in [0.15, 0.2) is 17.6 Å². The number of aromatic nitrogens is 1. The van der Waals surface area contributed by atoms with Crippen LogP contribution in [0.3, 0.4) is 0 Å². The fraction of sp³-hybridized carbons (Fsp3) is 0.188. The highest BCUT2D eigenvalue weighted by Gasteiger charge is 2.17. The number of benzene rings is 1. The standard InChI is InChI=1S/C16H14ClN3O3/c1-10(16(21)20-15-6-4-12(17)9-19-15)23-13-5-3-11(8-18)7-14(13)22-2/h3-7,9-10H,1-2H3,(H,19,20,21)/t10-/m0/s1. The Labute approximate surface area is 138 Å². The van der Waals surface area contributed by atoms with Gasteiger partial charge in [-0.05, 0) is 31.2 Å². The number of ether oxygens (including phenoxy) is 2. The van der Waals surface area contributed by atoms with Gasteiger partial charge in [-0.15, -0.1) is 0 Å². The molecule has 0 saturated heterocycles. The van der Waals surface area contributed by atoms with Crippen molar-refractivity contribution in [2.24, 2.45) is 0 Å². The Morgan fingerprint density at radius 2 is 2.13 bits per heavy atom. The molecule has 0 saturated carbocycles. The van der Waals surface area contributed by atoms with E-state index >= 15 is 0 Å². The number of hydrogen-bond acceptors (Lipinski definition) is 5. The van der Waals surface area contributed by atoms with Crippen LogP contribution in [0.1, 0.15) is 12.5 Å². The summed E-state index contributed by atoms with van der Waals surface area (Å²) >= 11 is 5.74. The number of amides is 1. The van der Waals surface area contributed by atoms with Gasteiger partial charge in [0.25, 0.3) is 5.91 Å². The van der Waals surface area contributed by atoms with Gasteiger partial charge in [-0.1, -0.05) is 11.6 Å². The van der Waals surface area contributed by atoms with E-state index in [1.165, 1.54) is 13.3 Å². The molecule has 0 radical (unpaired) electrons. The second kappa shape index (κ2) is 7.47. The molecule has 1 atom stereocenters. The number of rotatable bonds is 5. The van der Waals surface area contributed by atoms with Gasteiger partial charge in [0, 0.05) is 12.3 Å². The van der Waals surface area contributed by atoms with Crippen LogP contribution in [0.5, 0.6) is 11.5 Å². The van der Waals surface area contributed by atoms with E-state index in [1.807, 2.05) is 6.07 Å². The third kappa shape index (κ3) is 4.34. The van der Waals surface area contributed by atoms with Crippen molar-refractivity contribution in [3.63, 3.8) is 0 Å². The van der Waals surface area contributed by atoms with Crippen LogP contribution in [0, 0.1) is 11.3 Å². The molecule has 1 aromatic carbocycles. The minimum Gasteiger partial charge on any atom is -0.493 e. The van der Waals surface area contributed by atoms with E-state index in [0.717, 1.165) is 0 Å². The molecule has 1 aromatic heterocycles. The maximum absolute atomic E-state index is 12.1. The number of methoxy groups -OCH3 is 1. The van der Waals surface area contributed by atoms with Gasteiger partial charge >= 0.3 is 0 Å². The summed E-state index contributed by atoms with van der Waals surface area (Å²) in [5.74, 6) is 0.763. The van der Waals surface area contributed by atoms with E-state index in [1.54, 1.807) is 37.3 Å². The lowest BCUT2D eigenvalue weighted by Crippen LogP contribution is -2.30. The summed E-state index contributed by atoms with van der Waals surface area (Å²) in [4.78, 5) is 16.1. The highest BCUT2D eigenvalue weighted by Crippen LogP contribution is 2.28. The topological polar surface area (TPSA) is 84.2 Å². The van der Waals surface area contributed by atoms with Gasteiger partial charge in [-0.2, -0.15) is 5.26 Å². The molecule has 118 valence electrons. The summed E-state index contributed by atoms with van der Waals surface area (Å²) in [6, 6.07) is 9.94. The zero-order chi connectivity index (χ0) is 16.8. The zero-order valence-corrected chi connectivity index (χ0v) is 13.3. The fourth-order valence-corrected chi connectivity index (χ4v) is 1.87. The van der Waals surface area contributed by atoms with Crippen LogP contribution in [0.4, 0.5) is 5.82 Å². The van der Waals surface area contributed by atoms with Crippen molar-refractivity contribution in [2.45, 2.75) is 13.0 Å². The quantitative estimate of drug-likeness (QED) is 0.910. The van der Waals surface area contributed by atoms with E-state index in [9.17, 15) is 4.79 Å². The number of carbonyl (C=O) groups excluding carboxylic acids is 1. The highest BCUT2D eigenvalue weighted by atomic mass is 35.5. The summed E-state index contributed by atoms with van der Waals surface area (Å²) in [5, 5.41) is 12.0. The van der Waals surface area contributed by atoms with Gasteiger partial charge in [-0.25, -0.2) is 4.98 Å². The molecule has 2 rings (SSSR count). The number of nitrogens with one attached hydrogen (secondary N) is 1. The first kappa shape index (κ1) is 16.6. The van der Waals surface area contributed by atoms with Crippen molar-refractivity contribution >= 4 is 23.3 Å². The minimum atomic E-state index is -0.783. The lowest BCUT2D eigenvalue weighted by molar-refractivity contribution is -0.122. The van der Waals surface area contributed by atoms with E-state index in [0.29, 0.717) is 27.9 Å². The van der Waals surface area contributed by atoms with Gasteiger partial charge in [0.2, 0.25) is 0 Å². The van der Waals surface area contributed by atoms with Gasteiger partial charge in [0.05, 0.1) is 23.8 Å². The normalized spacial score (nSPS) is 11.2. The Kier molecular flexibility index (Phi) is 5.39. The smallest absolute Gasteiger partial charge is 0.266 e. The van der Waals surface area contributed by atoms with E-state index in [2.05, 4.69) is 10.3 Å². The highest BCUT2D eigenvalue weighted by molar-refractivity contribution is 6.30. The molecule has 0 fully saturated rings. The molecule has 0 unspecified atom stereocenters. The molecular formula is C16H14ClN3O3. The Hall–Kier alpha value is -2.78. The Bertz CT molecular complexity index is 741. The summed E-state index contributed by atoms with van der Waals surface area (Å²) in [7, 11) is 1.46. The number of anilines is 1. The van der Waals surface area contributed by atoms with Gasteiger partial charge < -0.3 is 14.8 Å². The Morgan fingerprint density at radius 3 is 2.74 bits per heavy atom. The molecule has 2 aromatic rings. The van der Waals surface area contributed by atoms with Crippen molar-refractivity contribution in [3.05, 3.63) is 47.1 Å². The first-order valence-corrected chi connectivity index (χ1v) is 7.08. The van der Waals surface area contributed by atoms with E-state index < -0.39 is 6.10 Å². The second-order valence-electron chi connectivity index (χ2n) is 4.59. The number of carbonyl (C=O) groups is 1. The van der Waals surface area contributed by atoms with Crippen molar-refractivity contribution in [2.75, 3.05) is 12.4 Å².